The molecule has 154 valence electrons. The van der Waals surface area contributed by atoms with Crippen molar-refractivity contribution in [2.75, 3.05) is 5.32 Å². The molecule has 4 rings (SSSR count). The minimum atomic E-state index is -0.0723. The number of anilines is 1. The number of amides is 2. The molecule has 0 unspecified atom stereocenters. The van der Waals surface area contributed by atoms with Crippen molar-refractivity contribution in [1.29, 1.82) is 0 Å². The lowest BCUT2D eigenvalue weighted by Crippen LogP contribution is -3.20. The Morgan fingerprint density at radius 1 is 1.00 bits per heavy atom. The number of piperidine rings is 2. The molecule has 4 heteroatoms. The fraction of sp³-hybridized carbons (Fsp3) is 0.480. The van der Waals surface area contributed by atoms with Gasteiger partial charge in [0.2, 0.25) is 0 Å². The predicted octanol–water partition coefficient (Wildman–Crippen LogP) is 4.10. The number of nitrogens with one attached hydrogen (secondary N) is 3. The van der Waals surface area contributed by atoms with Gasteiger partial charge < -0.3 is 15.5 Å². The molecule has 0 saturated carbocycles. The molecule has 2 saturated heterocycles. The first kappa shape index (κ1) is 20.0. The van der Waals surface area contributed by atoms with Crippen LogP contribution in [-0.2, 0) is 6.54 Å². The number of carbonyl (C=O) groups is 1. The van der Waals surface area contributed by atoms with E-state index in [1.165, 1.54) is 30.4 Å². The molecule has 0 aliphatic carbocycles. The van der Waals surface area contributed by atoms with Crippen molar-refractivity contribution in [2.45, 2.75) is 76.5 Å². The number of carbonyl (C=O) groups excluding carboxylic acids is 1. The van der Waals surface area contributed by atoms with Crippen LogP contribution in [0.15, 0.2) is 54.6 Å². The second-order valence-corrected chi connectivity index (χ2v) is 9.11. The molecule has 2 atom stereocenters. The highest BCUT2D eigenvalue weighted by Crippen LogP contribution is 2.23. The highest BCUT2D eigenvalue weighted by atomic mass is 16.2. The summed E-state index contributed by atoms with van der Waals surface area (Å²) < 4.78 is 0. The van der Waals surface area contributed by atoms with Crippen LogP contribution in [0.1, 0.15) is 63.0 Å². The van der Waals surface area contributed by atoms with Crippen molar-refractivity contribution in [3.63, 3.8) is 0 Å². The second-order valence-electron chi connectivity index (χ2n) is 9.11. The Hall–Kier alpha value is -2.33. The van der Waals surface area contributed by atoms with Gasteiger partial charge in [0, 0.05) is 30.1 Å². The van der Waals surface area contributed by atoms with Crippen LogP contribution in [0.4, 0.5) is 10.5 Å². The quantitative estimate of drug-likeness (QED) is 0.705. The van der Waals surface area contributed by atoms with Gasteiger partial charge in [-0.2, -0.15) is 0 Å². The highest BCUT2D eigenvalue weighted by Gasteiger charge is 2.42. The maximum atomic E-state index is 12.6. The van der Waals surface area contributed by atoms with Crippen LogP contribution >= 0.6 is 0 Å². The van der Waals surface area contributed by atoms with E-state index in [1.54, 1.807) is 4.90 Å². The van der Waals surface area contributed by atoms with Gasteiger partial charge in [-0.3, -0.25) is 0 Å². The summed E-state index contributed by atoms with van der Waals surface area (Å²) in [7, 11) is 0. The molecule has 2 aliphatic rings. The first-order valence-corrected chi connectivity index (χ1v) is 11.2. The minimum Gasteiger partial charge on any atom is -0.335 e. The molecular weight excluding hydrogens is 358 g/mol. The van der Waals surface area contributed by atoms with Gasteiger partial charge in [-0.25, -0.2) is 4.79 Å². The molecule has 2 fully saturated rings. The van der Waals surface area contributed by atoms with Gasteiger partial charge in [-0.05, 0) is 42.9 Å². The van der Waals surface area contributed by atoms with E-state index in [2.05, 4.69) is 66.9 Å². The molecule has 2 heterocycles. The molecule has 29 heavy (non-hydrogen) atoms. The van der Waals surface area contributed by atoms with E-state index in [4.69, 9.17) is 0 Å². The summed E-state index contributed by atoms with van der Waals surface area (Å²) in [4.78, 5) is 14.3. The summed E-state index contributed by atoms with van der Waals surface area (Å²) >= 11 is 0. The van der Waals surface area contributed by atoms with Gasteiger partial charge in [-0.1, -0.05) is 56.3 Å². The first-order valence-electron chi connectivity index (χ1n) is 11.2. The SMILES string of the molecule is CC(C)c1ccc(NC(=O)NC2C[C@H]3CCC[C@H](C2)[NH+]3Cc2ccccc2)cc1. The molecule has 4 nitrogen and oxygen atoms in total. The zero-order valence-corrected chi connectivity index (χ0v) is 17.7. The summed E-state index contributed by atoms with van der Waals surface area (Å²) in [6.07, 6.45) is 6.04. The van der Waals surface area contributed by atoms with Crippen molar-refractivity contribution < 1.29 is 9.69 Å². The lowest BCUT2D eigenvalue weighted by molar-refractivity contribution is -0.973. The number of quaternary nitrogens is 1. The molecule has 3 N–H and O–H groups in total. The van der Waals surface area contributed by atoms with E-state index in [9.17, 15) is 4.79 Å². The Labute approximate surface area is 174 Å². The molecular formula is C25H34N3O+. The number of fused-ring (bicyclic) bond motifs is 2. The molecule has 2 aromatic carbocycles. The Morgan fingerprint density at radius 3 is 2.28 bits per heavy atom. The Kier molecular flexibility index (Phi) is 6.19. The van der Waals surface area contributed by atoms with Crippen molar-refractivity contribution >= 4 is 11.7 Å². The smallest absolute Gasteiger partial charge is 0.319 e. The average molecular weight is 393 g/mol. The van der Waals surface area contributed by atoms with Crippen LogP contribution < -0.4 is 15.5 Å². The lowest BCUT2D eigenvalue weighted by Gasteiger charge is -2.46. The molecule has 2 amide bonds. The Bertz CT molecular complexity index is 789. The summed E-state index contributed by atoms with van der Waals surface area (Å²) in [5.41, 5.74) is 3.57. The second kappa shape index (κ2) is 9.00. The molecule has 0 aromatic heterocycles. The first-order chi connectivity index (χ1) is 14.1. The average Bonchev–Trinajstić information content (AvgIpc) is 2.69. The number of urea groups is 1. The summed E-state index contributed by atoms with van der Waals surface area (Å²) in [5.74, 6) is 0.501. The predicted molar refractivity (Wildman–Crippen MR) is 118 cm³/mol. The normalized spacial score (nSPS) is 26.2. The highest BCUT2D eigenvalue weighted by molar-refractivity contribution is 5.89. The van der Waals surface area contributed by atoms with Gasteiger partial charge in [0.1, 0.15) is 6.54 Å². The third-order valence-electron chi connectivity index (χ3n) is 6.71. The third-order valence-corrected chi connectivity index (χ3v) is 6.71. The Morgan fingerprint density at radius 2 is 1.66 bits per heavy atom. The fourth-order valence-electron chi connectivity index (χ4n) is 5.18. The van der Waals surface area contributed by atoms with E-state index >= 15 is 0 Å². The van der Waals surface area contributed by atoms with Gasteiger partial charge in [-0.15, -0.1) is 0 Å². The van der Waals surface area contributed by atoms with Crippen LogP contribution in [0.3, 0.4) is 0 Å². The Balaban J connectivity index is 1.33. The van der Waals surface area contributed by atoms with Crippen LogP contribution in [0.2, 0.25) is 0 Å². The standard InChI is InChI=1S/C25H33N3O/c1-18(2)20-11-13-21(14-12-20)26-25(29)27-22-15-23-9-6-10-24(16-22)28(23)17-19-7-4-3-5-8-19/h3-5,7-8,11-14,18,22-24H,6,9-10,15-17H2,1-2H3,(H2,26,27,29)/p+1/t23-,24-/m1/s1. The van der Waals surface area contributed by atoms with E-state index < -0.39 is 0 Å². The number of rotatable bonds is 5. The van der Waals surface area contributed by atoms with Crippen LogP contribution in [-0.4, -0.2) is 24.2 Å². The van der Waals surface area contributed by atoms with E-state index in [0.717, 1.165) is 25.1 Å². The molecule has 0 spiro atoms. The van der Waals surface area contributed by atoms with Crippen LogP contribution in [0.5, 0.6) is 0 Å². The largest absolute Gasteiger partial charge is 0.335 e. The lowest BCUT2D eigenvalue weighted by atomic mass is 9.81. The van der Waals surface area contributed by atoms with E-state index in [1.807, 2.05) is 12.1 Å². The number of hydrogen-bond acceptors (Lipinski definition) is 1. The van der Waals surface area contributed by atoms with Gasteiger partial charge in [0.05, 0.1) is 12.1 Å². The van der Waals surface area contributed by atoms with Crippen molar-refractivity contribution in [1.82, 2.24) is 5.32 Å². The summed E-state index contributed by atoms with van der Waals surface area (Å²) in [6.45, 7) is 5.47. The monoisotopic (exact) mass is 392 g/mol. The van der Waals surface area contributed by atoms with Crippen molar-refractivity contribution in [3.05, 3.63) is 65.7 Å². The van der Waals surface area contributed by atoms with Crippen molar-refractivity contribution in [2.24, 2.45) is 0 Å². The third kappa shape index (κ3) is 4.99. The molecule has 2 aromatic rings. The maximum absolute atomic E-state index is 12.6. The zero-order chi connectivity index (χ0) is 20.2. The van der Waals surface area contributed by atoms with Crippen LogP contribution in [0, 0.1) is 0 Å². The number of benzene rings is 2. The van der Waals surface area contributed by atoms with Crippen LogP contribution in [0.25, 0.3) is 0 Å². The number of hydrogen-bond donors (Lipinski definition) is 3. The maximum Gasteiger partial charge on any atom is 0.319 e. The zero-order valence-electron chi connectivity index (χ0n) is 17.7. The summed E-state index contributed by atoms with van der Waals surface area (Å²) in [5, 5.41) is 6.27. The fourth-order valence-corrected chi connectivity index (χ4v) is 5.18. The molecule has 2 aliphatic heterocycles. The van der Waals surface area contributed by atoms with Crippen molar-refractivity contribution in [3.8, 4) is 0 Å². The van der Waals surface area contributed by atoms with Gasteiger partial charge in [0.25, 0.3) is 0 Å². The van der Waals surface area contributed by atoms with Gasteiger partial charge >= 0.3 is 6.03 Å². The van der Waals surface area contributed by atoms with Gasteiger partial charge in [0.15, 0.2) is 0 Å². The van der Waals surface area contributed by atoms with E-state index in [-0.39, 0.29) is 12.1 Å². The van der Waals surface area contributed by atoms with E-state index in [0.29, 0.717) is 18.0 Å². The summed E-state index contributed by atoms with van der Waals surface area (Å²) in [6, 6.07) is 20.5. The topological polar surface area (TPSA) is 45.6 Å². The minimum absolute atomic E-state index is 0.0723. The molecule has 2 bridgehead atoms. The molecule has 0 radical (unpaired) electrons.